The largest absolute Gasteiger partial charge is 0.547 e. The summed E-state index contributed by atoms with van der Waals surface area (Å²) in [5.41, 5.74) is -2.70. The molecule has 3 N–H and O–H groups in total. The molecule has 37 heavy (non-hydrogen) atoms. The molecule has 3 unspecified atom stereocenters. The van der Waals surface area contributed by atoms with Gasteiger partial charge in [0, 0.05) is 13.0 Å². The fourth-order valence-electron chi connectivity index (χ4n) is 2.74. The van der Waals surface area contributed by atoms with Crippen LogP contribution in [0.15, 0.2) is 0 Å². The van der Waals surface area contributed by atoms with Gasteiger partial charge in [-0.1, -0.05) is 6.92 Å². The molecule has 0 fully saturated rings. The van der Waals surface area contributed by atoms with Gasteiger partial charge >= 0.3 is 36.1 Å². The van der Waals surface area contributed by atoms with Crippen molar-refractivity contribution in [1.82, 2.24) is 0 Å². The quantitative estimate of drug-likeness (QED) is 0.0704. The smallest absolute Gasteiger partial charge is 0.377 e. The van der Waals surface area contributed by atoms with Crippen molar-refractivity contribution in [3.63, 3.8) is 0 Å². The molecule has 0 aliphatic carbocycles. The molecule has 15 nitrogen and oxygen atoms in total. The van der Waals surface area contributed by atoms with E-state index in [1.807, 2.05) is 0 Å². The molecule has 15 heteroatoms. The number of likely N-dealkylation sites (N-methyl/N-ethyl adjacent to an activating group) is 1. The van der Waals surface area contributed by atoms with Gasteiger partial charge < -0.3 is 48.7 Å². The van der Waals surface area contributed by atoms with Crippen LogP contribution in [0.2, 0.25) is 0 Å². The van der Waals surface area contributed by atoms with Crippen LogP contribution < -0.4 is 5.11 Å². The Balaban J connectivity index is 5.65. The van der Waals surface area contributed by atoms with E-state index in [0.717, 1.165) is 0 Å². The summed E-state index contributed by atoms with van der Waals surface area (Å²) in [4.78, 5) is 70.0. The number of aliphatic carboxylic acids is 4. The number of quaternary nitrogens is 1. The standard InChI is InChI=1S/C22H35NO14/c1-5-14(18(29)30)36-19(31)20(34-11-9-23(2,3)4)37-17(28)13-22(21(32)33,12-16(26)27)35-10-7-6-8-15(24)25/h14,20H,5-13H2,1-4H3,(H3-,24,25,26,27,29,30,32,33). The van der Waals surface area contributed by atoms with E-state index in [2.05, 4.69) is 0 Å². The van der Waals surface area contributed by atoms with Crippen molar-refractivity contribution in [2.45, 2.75) is 63.4 Å². The van der Waals surface area contributed by atoms with Gasteiger partial charge in [0.25, 0.3) is 0 Å². The van der Waals surface area contributed by atoms with E-state index in [0.29, 0.717) is 11.0 Å². The normalized spacial score (nSPS) is 14.6. The predicted octanol–water partition coefficient (Wildman–Crippen LogP) is -1.39. The number of carbonyl (C=O) groups excluding carboxylic acids is 3. The maximum atomic E-state index is 12.6. The van der Waals surface area contributed by atoms with Gasteiger partial charge in [0.2, 0.25) is 0 Å². The van der Waals surface area contributed by atoms with E-state index >= 15 is 0 Å². The molecule has 0 radical (unpaired) electrons. The second kappa shape index (κ2) is 15.7. The van der Waals surface area contributed by atoms with Crippen LogP contribution >= 0.6 is 0 Å². The summed E-state index contributed by atoms with van der Waals surface area (Å²) >= 11 is 0. The lowest BCUT2D eigenvalue weighted by Crippen LogP contribution is -2.53. The van der Waals surface area contributed by atoms with Crippen molar-refractivity contribution in [3.8, 4) is 0 Å². The summed E-state index contributed by atoms with van der Waals surface area (Å²) in [5, 5.41) is 38.8. The first kappa shape index (κ1) is 33.7. The molecule has 3 atom stereocenters. The Labute approximate surface area is 213 Å². The molecule has 0 saturated carbocycles. The first-order valence-corrected chi connectivity index (χ1v) is 11.4. The molecular formula is C22H35NO14. The molecule has 0 saturated heterocycles. The number of carboxylic acids is 4. The maximum absolute atomic E-state index is 12.6. The van der Waals surface area contributed by atoms with Crippen molar-refractivity contribution < 1.29 is 72.6 Å². The number of nitrogens with zero attached hydrogens (tertiary/aromatic N) is 1. The molecule has 0 amide bonds. The Morgan fingerprint density at radius 2 is 1.51 bits per heavy atom. The number of unbranched alkanes of at least 4 members (excludes halogenated alkanes) is 1. The van der Waals surface area contributed by atoms with Gasteiger partial charge in [-0.3, -0.25) is 14.4 Å². The minimum absolute atomic E-state index is 0.0344. The predicted molar refractivity (Wildman–Crippen MR) is 119 cm³/mol. The summed E-state index contributed by atoms with van der Waals surface area (Å²) in [6.07, 6.45) is -6.29. The van der Waals surface area contributed by atoms with Crippen LogP contribution in [0.4, 0.5) is 0 Å². The minimum atomic E-state index is -2.70. The SMILES string of the molecule is CCC(OC(=O)C(OCC[N+](C)(C)C)OC(=O)CC(CC(=O)O)(OCCCCC(=O)O)C(=O)[O-])C(=O)O. The molecule has 0 aromatic carbocycles. The molecule has 0 aliphatic heterocycles. The highest BCUT2D eigenvalue weighted by Crippen LogP contribution is 2.23. The minimum Gasteiger partial charge on any atom is -0.547 e. The van der Waals surface area contributed by atoms with Gasteiger partial charge in [0.1, 0.15) is 18.8 Å². The average molecular weight is 538 g/mol. The van der Waals surface area contributed by atoms with Crippen LogP contribution in [0.25, 0.3) is 0 Å². The third-order valence-electron chi connectivity index (χ3n) is 4.77. The number of ether oxygens (including phenoxy) is 4. The fourth-order valence-corrected chi connectivity index (χ4v) is 2.74. The monoisotopic (exact) mass is 537 g/mol. The van der Waals surface area contributed by atoms with Gasteiger partial charge in [-0.25, -0.2) is 9.59 Å². The van der Waals surface area contributed by atoms with Crippen LogP contribution in [0, 0.1) is 0 Å². The Morgan fingerprint density at radius 1 is 0.892 bits per heavy atom. The third kappa shape index (κ3) is 14.1. The average Bonchev–Trinajstić information content (AvgIpc) is 2.74. The van der Waals surface area contributed by atoms with Crippen LogP contribution in [0.1, 0.15) is 45.4 Å². The highest BCUT2D eigenvalue weighted by molar-refractivity contribution is 5.89. The first-order valence-electron chi connectivity index (χ1n) is 11.4. The summed E-state index contributed by atoms with van der Waals surface area (Å²) < 4.78 is 20.5. The van der Waals surface area contributed by atoms with Crippen LogP contribution in [-0.4, -0.2) is 115 Å². The second-order valence-electron chi connectivity index (χ2n) is 9.11. The summed E-state index contributed by atoms with van der Waals surface area (Å²) in [5.74, 6) is -9.04. The van der Waals surface area contributed by atoms with Gasteiger partial charge in [-0.15, -0.1) is 0 Å². The molecule has 212 valence electrons. The van der Waals surface area contributed by atoms with Crippen molar-refractivity contribution >= 4 is 35.8 Å². The van der Waals surface area contributed by atoms with Crippen molar-refractivity contribution in [2.24, 2.45) is 0 Å². The Morgan fingerprint density at radius 3 is 1.97 bits per heavy atom. The second-order valence-corrected chi connectivity index (χ2v) is 9.11. The summed E-state index contributed by atoms with van der Waals surface area (Å²) in [7, 11) is 5.40. The van der Waals surface area contributed by atoms with Gasteiger partial charge in [0.05, 0.1) is 40.0 Å². The molecule has 0 aromatic rings. The van der Waals surface area contributed by atoms with Crippen molar-refractivity contribution in [3.05, 3.63) is 0 Å². The lowest BCUT2D eigenvalue weighted by atomic mass is 9.95. The number of hydrogen-bond donors (Lipinski definition) is 3. The molecule has 0 aromatic heterocycles. The maximum Gasteiger partial charge on any atom is 0.377 e. The van der Waals surface area contributed by atoms with Gasteiger partial charge in [0.15, 0.2) is 6.10 Å². The van der Waals surface area contributed by atoms with Crippen LogP contribution in [-0.2, 0) is 47.7 Å². The van der Waals surface area contributed by atoms with E-state index in [1.54, 1.807) is 21.1 Å². The lowest BCUT2D eigenvalue weighted by molar-refractivity contribution is -0.870. The topological polar surface area (TPSA) is 223 Å². The molecular weight excluding hydrogens is 502 g/mol. The highest BCUT2D eigenvalue weighted by Gasteiger charge is 2.41. The number of carboxylic acid groups (broad SMARTS) is 4. The van der Waals surface area contributed by atoms with Crippen LogP contribution in [0.3, 0.4) is 0 Å². The molecule has 0 heterocycles. The van der Waals surface area contributed by atoms with Crippen molar-refractivity contribution in [1.29, 1.82) is 0 Å². The number of hydrogen-bond acceptors (Lipinski definition) is 11. The lowest BCUT2D eigenvalue weighted by Gasteiger charge is -2.33. The fraction of sp³-hybridized carbons (Fsp3) is 0.727. The molecule has 0 spiro atoms. The highest BCUT2D eigenvalue weighted by atomic mass is 16.7. The number of rotatable bonds is 20. The van der Waals surface area contributed by atoms with Crippen molar-refractivity contribution in [2.75, 3.05) is 40.9 Å². The van der Waals surface area contributed by atoms with E-state index in [1.165, 1.54) is 6.92 Å². The molecule has 0 aliphatic rings. The first-order chi connectivity index (χ1) is 17.0. The van der Waals surface area contributed by atoms with Gasteiger partial charge in [-0.2, -0.15) is 0 Å². The zero-order valence-corrected chi connectivity index (χ0v) is 21.3. The van der Waals surface area contributed by atoms with E-state index in [4.69, 9.17) is 29.2 Å². The van der Waals surface area contributed by atoms with E-state index in [-0.39, 0.29) is 32.3 Å². The van der Waals surface area contributed by atoms with Gasteiger partial charge in [-0.05, 0) is 19.3 Å². The summed E-state index contributed by atoms with van der Waals surface area (Å²) in [6, 6.07) is 0. The number of esters is 2. The van der Waals surface area contributed by atoms with E-state index in [9.17, 15) is 39.0 Å². The summed E-state index contributed by atoms with van der Waals surface area (Å²) in [6.45, 7) is 1.18. The zero-order chi connectivity index (χ0) is 28.8. The zero-order valence-electron chi connectivity index (χ0n) is 21.3. The third-order valence-corrected chi connectivity index (χ3v) is 4.77. The molecule has 0 bridgehead atoms. The Hall–Kier alpha value is -3.30. The Bertz CT molecular complexity index is 821. The Kier molecular flexibility index (Phi) is 14.3. The van der Waals surface area contributed by atoms with E-state index < -0.39 is 73.3 Å². The van der Waals surface area contributed by atoms with Crippen LogP contribution in [0.5, 0.6) is 0 Å². The number of carbonyl (C=O) groups is 6. The molecule has 0 rings (SSSR count).